The summed E-state index contributed by atoms with van der Waals surface area (Å²) >= 11 is 0. The van der Waals surface area contributed by atoms with E-state index in [2.05, 4.69) is 30.4 Å². The summed E-state index contributed by atoms with van der Waals surface area (Å²) in [7, 11) is 0. The molecule has 0 aliphatic carbocycles. The van der Waals surface area contributed by atoms with Gasteiger partial charge in [0.1, 0.15) is 11.6 Å². The van der Waals surface area contributed by atoms with Gasteiger partial charge in [-0.3, -0.25) is 0 Å². The number of pyridine rings is 1. The van der Waals surface area contributed by atoms with Crippen LogP contribution in [0.15, 0.2) is 30.6 Å². The lowest BCUT2D eigenvalue weighted by Gasteiger charge is -2.24. The van der Waals surface area contributed by atoms with Gasteiger partial charge < -0.3 is 21.2 Å². The standard InChI is InChI=1S/C18H20F2N10/c1-9-23-7-11-5-4-10(8-29(9)11)14-24-16(22)26-17(25-14)27-18(2,3)12-6-13(21)30(28-12)15(19)20/h4-8,15H,21H2,1-3H3,(H3,22,24,25,26,27). The summed E-state index contributed by atoms with van der Waals surface area (Å²) in [6, 6.07) is 5.12. The van der Waals surface area contributed by atoms with Crippen molar-refractivity contribution in [1.82, 2.24) is 34.1 Å². The SMILES string of the molecule is Cc1ncc2ccc(-c3nc(N)nc(NC(C)(C)c4cc(N)n(C(F)F)n4)n3)cn12. The lowest BCUT2D eigenvalue weighted by molar-refractivity contribution is 0.0583. The van der Waals surface area contributed by atoms with Crippen molar-refractivity contribution in [3.8, 4) is 11.4 Å². The number of aromatic nitrogens is 7. The zero-order chi connectivity index (χ0) is 21.6. The summed E-state index contributed by atoms with van der Waals surface area (Å²) in [5.74, 6) is 1.22. The molecule has 4 heterocycles. The molecule has 156 valence electrons. The molecule has 4 aromatic rings. The summed E-state index contributed by atoms with van der Waals surface area (Å²) < 4.78 is 28.4. The first-order valence-corrected chi connectivity index (χ1v) is 9.01. The van der Waals surface area contributed by atoms with Crippen LogP contribution in [0.25, 0.3) is 16.9 Å². The molecule has 0 aliphatic rings. The predicted octanol–water partition coefficient (Wildman–Crippen LogP) is 2.60. The molecular formula is C18H20F2N10. The smallest absolute Gasteiger partial charge is 0.334 e. The molecule has 0 spiro atoms. The number of nitrogens with zero attached hydrogens (tertiary/aromatic N) is 7. The van der Waals surface area contributed by atoms with Crippen LogP contribution in [-0.4, -0.2) is 34.1 Å². The Bertz CT molecular complexity index is 1230. The molecule has 5 N–H and O–H groups in total. The number of hydrogen-bond acceptors (Lipinski definition) is 8. The van der Waals surface area contributed by atoms with Crippen molar-refractivity contribution < 1.29 is 8.78 Å². The Balaban J connectivity index is 1.69. The summed E-state index contributed by atoms with van der Waals surface area (Å²) in [5, 5.41) is 6.96. The fraction of sp³-hybridized carbons (Fsp3) is 0.278. The highest BCUT2D eigenvalue weighted by molar-refractivity contribution is 5.61. The molecule has 0 unspecified atom stereocenters. The Hall–Kier alpha value is -3.83. The van der Waals surface area contributed by atoms with Crippen LogP contribution in [0.1, 0.15) is 31.9 Å². The summed E-state index contributed by atoms with van der Waals surface area (Å²) in [4.78, 5) is 17.0. The second kappa shape index (κ2) is 6.90. The van der Waals surface area contributed by atoms with Gasteiger partial charge in [0.2, 0.25) is 11.9 Å². The van der Waals surface area contributed by atoms with Gasteiger partial charge in [-0.25, -0.2) is 4.98 Å². The monoisotopic (exact) mass is 414 g/mol. The highest BCUT2D eigenvalue weighted by Crippen LogP contribution is 2.28. The van der Waals surface area contributed by atoms with Gasteiger partial charge in [0, 0.05) is 17.8 Å². The molecule has 0 atom stereocenters. The van der Waals surface area contributed by atoms with Gasteiger partial charge in [0.15, 0.2) is 5.82 Å². The highest BCUT2D eigenvalue weighted by Gasteiger charge is 2.27. The third-order valence-corrected chi connectivity index (χ3v) is 4.64. The summed E-state index contributed by atoms with van der Waals surface area (Å²) in [6.07, 6.45) is 3.62. The fourth-order valence-electron chi connectivity index (χ4n) is 3.04. The zero-order valence-corrected chi connectivity index (χ0v) is 16.5. The number of aryl methyl sites for hydroxylation is 1. The summed E-state index contributed by atoms with van der Waals surface area (Å²) in [6.45, 7) is 2.53. The van der Waals surface area contributed by atoms with E-state index in [4.69, 9.17) is 11.5 Å². The van der Waals surface area contributed by atoms with Crippen molar-refractivity contribution in [2.24, 2.45) is 0 Å². The molecule has 4 aromatic heterocycles. The minimum absolute atomic E-state index is 0.0124. The Kier molecular flexibility index (Phi) is 4.48. The Morgan fingerprint density at radius 1 is 1.13 bits per heavy atom. The van der Waals surface area contributed by atoms with E-state index in [-0.39, 0.29) is 17.7 Å². The average molecular weight is 414 g/mol. The molecule has 0 fully saturated rings. The largest absolute Gasteiger partial charge is 0.384 e. The van der Waals surface area contributed by atoms with E-state index in [1.807, 2.05) is 29.7 Å². The van der Waals surface area contributed by atoms with Crippen LogP contribution in [0.5, 0.6) is 0 Å². The van der Waals surface area contributed by atoms with Crippen molar-refractivity contribution in [2.75, 3.05) is 16.8 Å². The number of hydrogen-bond donors (Lipinski definition) is 3. The third kappa shape index (κ3) is 3.47. The van der Waals surface area contributed by atoms with Crippen LogP contribution >= 0.6 is 0 Å². The van der Waals surface area contributed by atoms with Gasteiger partial charge in [-0.05, 0) is 32.9 Å². The maximum atomic E-state index is 13.0. The van der Waals surface area contributed by atoms with Gasteiger partial charge in [0.05, 0.1) is 22.9 Å². The molecule has 0 bridgehead atoms. The Labute approximate surface area is 170 Å². The number of nitrogens with two attached hydrogens (primary N) is 2. The normalized spacial score (nSPS) is 12.1. The van der Waals surface area contributed by atoms with Crippen molar-refractivity contribution in [3.63, 3.8) is 0 Å². The van der Waals surface area contributed by atoms with Crippen LogP contribution in [0.3, 0.4) is 0 Å². The molecule has 0 aliphatic heterocycles. The molecule has 0 radical (unpaired) electrons. The summed E-state index contributed by atoms with van der Waals surface area (Å²) in [5.41, 5.74) is 12.6. The fourth-order valence-corrected chi connectivity index (χ4v) is 3.04. The minimum Gasteiger partial charge on any atom is -0.384 e. The third-order valence-electron chi connectivity index (χ3n) is 4.64. The molecule has 0 aromatic carbocycles. The Morgan fingerprint density at radius 3 is 2.60 bits per heavy atom. The van der Waals surface area contributed by atoms with Crippen LogP contribution in [0.2, 0.25) is 0 Å². The quantitative estimate of drug-likeness (QED) is 0.453. The number of halogens is 2. The first kappa shape index (κ1) is 19.5. The molecule has 0 saturated carbocycles. The molecule has 12 heteroatoms. The van der Waals surface area contributed by atoms with E-state index in [0.29, 0.717) is 21.8 Å². The predicted molar refractivity (Wildman–Crippen MR) is 108 cm³/mol. The molecule has 4 rings (SSSR count). The van der Waals surface area contributed by atoms with Gasteiger partial charge in [0.25, 0.3) is 0 Å². The van der Waals surface area contributed by atoms with Crippen molar-refractivity contribution in [1.29, 1.82) is 0 Å². The lowest BCUT2D eigenvalue weighted by Crippen LogP contribution is -2.30. The maximum absolute atomic E-state index is 13.0. The van der Waals surface area contributed by atoms with E-state index in [9.17, 15) is 8.78 Å². The highest BCUT2D eigenvalue weighted by atomic mass is 19.3. The number of nitrogen functional groups attached to an aromatic ring is 2. The molecular weight excluding hydrogens is 394 g/mol. The van der Waals surface area contributed by atoms with Crippen LogP contribution in [-0.2, 0) is 5.54 Å². The molecule has 30 heavy (non-hydrogen) atoms. The van der Waals surface area contributed by atoms with Gasteiger partial charge in [-0.1, -0.05) is 0 Å². The lowest BCUT2D eigenvalue weighted by atomic mass is 10.0. The zero-order valence-electron chi connectivity index (χ0n) is 16.5. The molecule has 10 nitrogen and oxygen atoms in total. The van der Waals surface area contributed by atoms with Gasteiger partial charge in [-0.2, -0.15) is 33.5 Å². The van der Waals surface area contributed by atoms with E-state index in [0.717, 1.165) is 11.3 Å². The van der Waals surface area contributed by atoms with Crippen molar-refractivity contribution in [2.45, 2.75) is 32.9 Å². The Morgan fingerprint density at radius 2 is 1.90 bits per heavy atom. The second-order valence-electron chi connectivity index (χ2n) is 7.29. The van der Waals surface area contributed by atoms with E-state index in [1.54, 1.807) is 20.0 Å². The van der Waals surface area contributed by atoms with Crippen LogP contribution in [0, 0.1) is 6.92 Å². The second-order valence-corrected chi connectivity index (χ2v) is 7.29. The minimum atomic E-state index is -2.84. The molecule has 0 saturated heterocycles. The number of anilines is 3. The van der Waals surface area contributed by atoms with Crippen molar-refractivity contribution in [3.05, 3.63) is 42.1 Å². The topological polar surface area (TPSA) is 138 Å². The number of imidazole rings is 1. The van der Waals surface area contributed by atoms with E-state index < -0.39 is 12.1 Å². The van der Waals surface area contributed by atoms with Gasteiger partial charge in [-0.15, -0.1) is 0 Å². The maximum Gasteiger partial charge on any atom is 0.334 e. The molecule has 0 amide bonds. The number of fused-ring (bicyclic) bond motifs is 1. The number of alkyl halides is 2. The number of nitrogens with one attached hydrogen (secondary N) is 1. The van der Waals surface area contributed by atoms with E-state index in [1.165, 1.54) is 6.07 Å². The average Bonchev–Trinajstić information content (AvgIpc) is 3.24. The van der Waals surface area contributed by atoms with E-state index >= 15 is 0 Å². The van der Waals surface area contributed by atoms with Crippen LogP contribution < -0.4 is 16.8 Å². The van der Waals surface area contributed by atoms with Crippen molar-refractivity contribution >= 4 is 23.2 Å². The van der Waals surface area contributed by atoms with Crippen LogP contribution in [0.4, 0.5) is 26.5 Å². The first-order chi connectivity index (χ1) is 14.1. The van der Waals surface area contributed by atoms with Gasteiger partial charge >= 0.3 is 6.55 Å². The first-order valence-electron chi connectivity index (χ1n) is 9.01. The number of rotatable bonds is 5.